The minimum atomic E-state index is -4.01. The molecule has 0 aromatic carbocycles. The summed E-state index contributed by atoms with van der Waals surface area (Å²) in [6.07, 6.45) is 3.03. The second-order valence-corrected chi connectivity index (χ2v) is 4.42. The van der Waals surface area contributed by atoms with E-state index in [4.69, 9.17) is 0 Å². The van der Waals surface area contributed by atoms with E-state index in [2.05, 4.69) is 9.32 Å². The molecular formula is C7H14N2O4S. The number of piperidine rings is 1. The van der Waals surface area contributed by atoms with Crippen molar-refractivity contribution in [1.82, 2.24) is 4.90 Å². The van der Waals surface area contributed by atoms with Crippen molar-refractivity contribution < 1.29 is 17.4 Å². The van der Waals surface area contributed by atoms with Crippen molar-refractivity contribution in [2.75, 3.05) is 19.7 Å². The Bertz CT molecular complexity index is 295. The number of carbonyl (C=O) groups excluding carboxylic acids is 1. The first-order valence-corrected chi connectivity index (χ1v) is 5.91. The number of amides is 1. The molecular weight excluding hydrogens is 208 g/mol. The molecule has 2 N–H and O–H groups in total. The van der Waals surface area contributed by atoms with E-state index in [9.17, 15) is 13.2 Å². The normalized spacial score (nSPS) is 18.2. The Labute approximate surface area is 83.3 Å². The minimum absolute atomic E-state index is 0.321. The number of rotatable bonds is 3. The van der Waals surface area contributed by atoms with Gasteiger partial charge in [-0.2, -0.15) is 8.42 Å². The lowest BCUT2D eigenvalue weighted by molar-refractivity contribution is -0.134. The van der Waals surface area contributed by atoms with E-state index in [0.717, 1.165) is 19.3 Å². The second kappa shape index (κ2) is 4.72. The van der Waals surface area contributed by atoms with Crippen LogP contribution in [0.3, 0.4) is 0 Å². The fraction of sp³-hybridized carbons (Fsp3) is 0.857. The molecule has 0 aromatic heterocycles. The van der Waals surface area contributed by atoms with E-state index in [1.165, 1.54) is 0 Å². The van der Waals surface area contributed by atoms with Crippen molar-refractivity contribution in [3.63, 3.8) is 0 Å². The van der Waals surface area contributed by atoms with Crippen LogP contribution >= 0.6 is 0 Å². The summed E-state index contributed by atoms with van der Waals surface area (Å²) in [6, 6.07) is 0. The first kappa shape index (κ1) is 11.4. The van der Waals surface area contributed by atoms with E-state index < -0.39 is 16.9 Å². The average Bonchev–Trinajstić information content (AvgIpc) is 2.14. The molecule has 0 unspecified atom stereocenters. The summed E-state index contributed by atoms with van der Waals surface area (Å²) >= 11 is 0. The standard InChI is InChI=1S/C7H14N2O4S/c8-14(11,12)13-6-7(10)9-4-2-1-3-5-9/h1-6H2,(H2,8,11,12). The zero-order valence-corrected chi connectivity index (χ0v) is 8.62. The summed E-state index contributed by atoms with van der Waals surface area (Å²) in [4.78, 5) is 12.9. The number of nitrogens with zero attached hydrogens (tertiary/aromatic N) is 1. The van der Waals surface area contributed by atoms with Crippen molar-refractivity contribution in [3.05, 3.63) is 0 Å². The number of hydrogen-bond donors (Lipinski definition) is 1. The van der Waals surface area contributed by atoms with E-state index in [1.54, 1.807) is 4.90 Å². The van der Waals surface area contributed by atoms with Crippen LogP contribution in [-0.4, -0.2) is 38.9 Å². The number of likely N-dealkylation sites (tertiary alicyclic amines) is 1. The van der Waals surface area contributed by atoms with Gasteiger partial charge in [0.15, 0.2) is 0 Å². The van der Waals surface area contributed by atoms with E-state index in [-0.39, 0.29) is 5.91 Å². The van der Waals surface area contributed by atoms with Crippen molar-refractivity contribution in [1.29, 1.82) is 0 Å². The Morgan fingerprint density at radius 3 is 2.36 bits per heavy atom. The first-order chi connectivity index (χ1) is 6.49. The summed E-state index contributed by atoms with van der Waals surface area (Å²) in [7, 11) is -4.01. The van der Waals surface area contributed by atoms with Crippen LogP contribution in [0.4, 0.5) is 0 Å². The monoisotopic (exact) mass is 222 g/mol. The average molecular weight is 222 g/mol. The van der Waals surface area contributed by atoms with Crippen LogP contribution < -0.4 is 5.14 Å². The Kier molecular flexibility index (Phi) is 3.85. The van der Waals surface area contributed by atoms with Gasteiger partial charge < -0.3 is 4.90 Å². The van der Waals surface area contributed by atoms with Crippen LogP contribution in [0.1, 0.15) is 19.3 Å². The number of nitrogens with two attached hydrogens (primary N) is 1. The highest BCUT2D eigenvalue weighted by atomic mass is 32.2. The maximum absolute atomic E-state index is 11.3. The predicted molar refractivity (Wildman–Crippen MR) is 49.5 cm³/mol. The molecule has 14 heavy (non-hydrogen) atoms. The highest BCUT2D eigenvalue weighted by Crippen LogP contribution is 2.08. The molecule has 7 heteroatoms. The third kappa shape index (κ3) is 4.03. The molecule has 1 aliphatic rings. The molecule has 1 rings (SSSR count). The van der Waals surface area contributed by atoms with Gasteiger partial charge in [0.25, 0.3) is 0 Å². The van der Waals surface area contributed by atoms with Gasteiger partial charge in [-0.05, 0) is 19.3 Å². The topological polar surface area (TPSA) is 89.7 Å². The number of carbonyl (C=O) groups is 1. The van der Waals surface area contributed by atoms with Crippen LogP contribution in [0.2, 0.25) is 0 Å². The summed E-state index contributed by atoms with van der Waals surface area (Å²) in [5.74, 6) is -0.321. The van der Waals surface area contributed by atoms with Gasteiger partial charge in [0.2, 0.25) is 5.91 Å². The quantitative estimate of drug-likeness (QED) is 0.678. The lowest BCUT2D eigenvalue weighted by Gasteiger charge is -2.26. The van der Waals surface area contributed by atoms with Crippen LogP contribution in [0, 0.1) is 0 Å². The molecule has 0 radical (unpaired) electrons. The van der Waals surface area contributed by atoms with Crippen molar-refractivity contribution in [2.24, 2.45) is 5.14 Å². The molecule has 1 saturated heterocycles. The molecule has 0 atom stereocenters. The van der Waals surface area contributed by atoms with Gasteiger partial charge in [-0.1, -0.05) is 0 Å². The highest BCUT2D eigenvalue weighted by Gasteiger charge is 2.18. The maximum Gasteiger partial charge on any atom is 0.333 e. The molecule has 1 fully saturated rings. The van der Waals surface area contributed by atoms with Crippen molar-refractivity contribution in [2.45, 2.75) is 19.3 Å². The molecule has 1 heterocycles. The molecule has 0 saturated carbocycles. The van der Waals surface area contributed by atoms with Crippen molar-refractivity contribution >= 4 is 16.2 Å². The Hall–Kier alpha value is -0.660. The zero-order valence-electron chi connectivity index (χ0n) is 7.81. The van der Waals surface area contributed by atoms with Crippen LogP contribution in [0.25, 0.3) is 0 Å². The van der Waals surface area contributed by atoms with Crippen LogP contribution in [0.5, 0.6) is 0 Å². The third-order valence-electron chi connectivity index (χ3n) is 2.06. The minimum Gasteiger partial charge on any atom is -0.341 e. The summed E-state index contributed by atoms with van der Waals surface area (Å²) in [5.41, 5.74) is 0. The molecule has 0 aliphatic carbocycles. The third-order valence-corrected chi connectivity index (χ3v) is 2.50. The van der Waals surface area contributed by atoms with Gasteiger partial charge >= 0.3 is 10.3 Å². The summed E-state index contributed by atoms with van der Waals surface area (Å²) in [6.45, 7) is 0.860. The van der Waals surface area contributed by atoms with E-state index in [1.807, 2.05) is 0 Å². The predicted octanol–water partition coefficient (Wildman–Crippen LogP) is -0.781. The molecule has 0 bridgehead atoms. The largest absolute Gasteiger partial charge is 0.341 e. The summed E-state index contributed by atoms with van der Waals surface area (Å²) in [5, 5.41) is 4.59. The van der Waals surface area contributed by atoms with E-state index >= 15 is 0 Å². The van der Waals surface area contributed by atoms with Gasteiger partial charge in [0.1, 0.15) is 6.61 Å². The summed E-state index contributed by atoms with van der Waals surface area (Å²) < 4.78 is 25.0. The maximum atomic E-state index is 11.3. The molecule has 0 spiro atoms. The van der Waals surface area contributed by atoms with Gasteiger partial charge in [0, 0.05) is 13.1 Å². The lowest BCUT2D eigenvalue weighted by Crippen LogP contribution is -2.38. The SMILES string of the molecule is NS(=O)(=O)OCC(=O)N1CCCCC1. The van der Waals surface area contributed by atoms with Crippen molar-refractivity contribution in [3.8, 4) is 0 Å². The lowest BCUT2D eigenvalue weighted by atomic mass is 10.1. The second-order valence-electron chi connectivity index (χ2n) is 3.20. The van der Waals surface area contributed by atoms with E-state index in [0.29, 0.717) is 13.1 Å². The highest BCUT2D eigenvalue weighted by molar-refractivity contribution is 7.84. The first-order valence-electron chi connectivity index (χ1n) is 4.44. The van der Waals surface area contributed by atoms with Gasteiger partial charge in [0.05, 0.1) is 0 Å². The molecule has 0 aromatic rings. The Morgan fingerprint density at radius 2 is 1.86 bits per heavy atom. The Morgan fingerprint density at radius 1 is 1.29 bits per heavy atom. The molecule has 82 valence electrons. The van der Waals surface area contributed by atoms with Gasteiger partial charge in [-0.3, -0.25) is 4.79 Å². The fourth-order valence-corrected chi connectivity index (χ4v) is 1.63. The van der Waals surface area contributed by atoms with Gasteiger partial charge in [-0.25, -0.2) is 9.32 Å². The van der Waals surface area contributed by atoms with Gasteiger partial charge in [-0.15, -0.1) is 0 Å². The molecule has 1 aliphatic heterocycles. The zero-order chi connectivity index (χ0) is 10.6. The molecule has 6 nitrogen and oxygen atoms in total. The molecule has 1 amide bonds. The fourth-order valence-electron chi connectivity index (χ4n) is 1.37. The number of hydrogen-bond acceptors (Lipinski definition) is 4. The van der Waals surface area contributed by atoms with Crippen LogP contribution in [-0.2, 0) is 19.3 Å². The van der Waals surface area contributed by atoms with Crippen LogP contribution in [0.15, 0.2) is 0 Å². The smallest absolute Gasteiger partial charge is 0.333 e. The Balaban J connectivity index is 2.34.